The summed E-state index contributed by atoms with van der Waals surface area (Å²) in [5, 5.41) is 0. The van der Waals surface area contributed by atoms with E-state index in [1.807, 2.05) is 42.7 Å². The number of hydrogen-bond acceptors (Lipinski definition) is 3. The lowest BCUT2D eigenvalue weighted by Gasteiger charge is -2.14. The summed E-state index contributed by atoms with van der Waals surface area (Å²) in [5.41, 5.74) is 1.01. The summed E-state index contributed by atoms with van der Waals surface area (Å²) in [5.74, 6) is -0.257. The van der Waals surface area contributed by atoms with Crippen LogP contribution in [0.2, 0.25) is 0 Å². The number of fused-ring (bicyclic) bond motifs is 1. The van der Waals surface area contributed by atoms with Crippen LogP contribution in [-0.2, 0) is 16.1 Å². The Morgan fingerprint density at radius 1 is 1.05 bits per heavy atom. The number of amides is 2. The van der Waals surface area contributed by atoms with Gasteiger partial charge in [0.05, 0.1) is 18.4 Å². The number of nitrogens with zero attached hydrogens (tertiary/aromatic N) is 1. The van der Waals surface area contributed by atoms with Gasteiger partial charge >= 0.3 is 0 Å². The van der Waals surface area contributed by atoms with E-state index in [1.165, 1.54) is 9.80 Å². The summed E-state index contributed by atoms with van der Waals surface area (Å²) < 4.78 is 0. The van der Waals surface area contributed by atoms with Crippen LogP contribution in [0.5, 0.6) is 0 Å². The zero-order chi connectivity index (χ0) is 14.1. The first-order chi connectivity index (χ1) is 9.70. The Hall–Kier alpha value is -1.55. The Bertz CT molecular complexity index is 538. The lowest BCUT2D eigenvalue weighted by atomic mass is 9.85. The zero-order valence-electron chi connectivity index (χ0n) is 11.4. The van der Waals surface area contributed by atoms with Crippen molar-refractivity contribution < 1.29 is 9.59 Å². The fourth-order valence-electron chi connectivity index (χ4n) is 2.94. The van der Waals surface area contributed by atoms with E-state index in [9.17, 15) is 9.59 Å². The van der Waals surface area contributed by atoms with E-state index in [0.29, 0.717) is 19.4 Å². The van der Waals surface area contributed by atoms with Crippen molar-refractivity contribution in [3.8, 4) is 0 Å². The molecule has 1 saturated heterocycles. The summed E-state index contributed by atoms with van der Waals surface area (Å²) in [7, 11) is 0. The molecule has 1 aromatic carbocycles. The molecule has 1 heterocycles. The molecule has 1 aliphatic heterocycles. The molecular weight excluding hydrogens is 270 g/mol. The average molecular weight is 287 g/mol. The molecule has 104 valence electrons. The van der Waals surface area contributed by atoms with Crippen molar-refractivity contribution in [2.75, 3.05) is 6.26 Å². The lowest BCUT2D eigenvalue weighted by Crippen LogP contribution is -2.30. The molecule has 1 aromatic rings. The number of allylic oxidation sites excluding steroid dienone is 2. The number of likely N-dealkylation sites (tertiary alicyclic amines) is 1. The van der Waals surface area contributed by atoms with Crippen molar-refractivity contribution >= 4 is 23.6 Å². The molecule has 1 fully saturated rings. The Balaban J connectivity index is 1.77. The predicted octanol–water partition coefficient (Wildman–Crippen LogP) is 2.86. The number of carbonyl (C=O) groups is 2. The summed E-state index contributed by atoms with van der Waals surface area (Å²) >= 11 is 1.68. The first-order valence-electron chi connectivity index (χ1n) is 6.84. The molecule has 20 heavy (non-hydrogen) atoms. The molecule has 3 nitrogen and oxygen atoms in total. The van der Waals surface area contributed by atoms with Gasteiger partial charge in [-0.2, -0.15) is 0 Å². The molecule has 2 atom stereocenters. The highest BCUT2D eigenvalue weighted by atomic mass is 32.2. The van der Waals surface area contributed by atoms with E-state index in [2.05, 4.69) is 0 Å². The van der Waals surface area contributed by atoms with E-state index in [1.54, 1.807) is 11.8 Å². The van der Waals surface area contributed by atoms with Crippen LogP contribution >= 0.6 is 11.8 Å². The fraction of sp³-hybridized carbons (Fsp3) is 0.375. The van der Waals surface area contributed by atoms with Crippen molar-refractivity contribution in [1.29, 1.82) is 0 Å². The first-order valence-corrected chi connectivity index (χ1v) is 8.06. The van der Waals surface area contributed by atoms with Crippen molar-refractivity contribution in [1.82, 2.24) is 4.90 Å². The highest BCUT2D eigenvalue weighted by Gasteiger charge is 2.46. The predicted molar refractivity (Wildman–Crippen MR) is 79.1 cm³/mol. The Morgan fingerprint density at radius 2 is 1.60 bits per heavy atom. The summed E-state index contributed by atoms with van der Waals surface area (Å²) in [6, 6.07) is 8.04. The summed E-state index contributed by atoms with van der Waals surface area (Å²) in [6.45, 7) is 0.402. The molecule has 0 unspecified atom stereocenters. The maximum Gasteiger partial charge on any atom is 0.233 e. The number of rotatable bonds is 3. The highest BCUT2D eigenvalue weighted by molar-refractivity contribution is 7.98. The van der Waals surface area contributed by atoms with Crippen molar-refractivity contribution in [3.63, 3.8) is 0 Å². The monoisotopic (exact) mass is 287 g/mol. The minimum atomic E-state index is -0.127. The summed E-state index contributed by atoms with van der Waals surface area (Å²) in [6.07, 6.45) is 7.47. The van der Waals surface area contributed by atoms with Gasteiger partial charge < -0.3 is 0 Å². The molecule has 2 aliphatic rings. The molecule has 0 aromatic heterocycles. The molecule has 0 N–H and O–H groups in total. The molecule has 0 bridgehead atoms. The van der Waals surface area contributed by atoms with E-state index in [0.717, 1.165) is 5.56 Å². The topological polar surface area (TPSA) is 37.4 Å². The third-order valence-electron chi connectivity index (χ3n) is 4.10. The molecule has 0 saturated carbocycles. The van der Waals surface area contributed by atoms with Crippen LogP contribution in [0.25, 0.3) is 0 Å². The van der Waals surface area contributed by atoms with Crippen LogP contribution in [0, 0.1) is 11.8 Å². The van der Waals surface area contributed by atoms with Crippen LogP contribution in [-0.4, -0.2) is 23.0 Å². The van der Waals surface area contributed by atoms with Gasteiger partial charge in [-0.25, -0.2) is 0 Å². The molecule has 0 radical (unpaired) electrons. The van der Waals surface area contributed by atoms with Crippen LogP contribution in [0.4, 0.5) is 0 Å². The fourth-order valence-corrected chi connectivity index (χ4v) is 3.35. The number of benzene rings is 1. The molecular formula is C16H17NO2S. The second kappa shape index (κ2) is 5.44. The molecule has 0 spiro atoms. The molecule has 3 rings (SSSR count). The smallest absolute Gasteiger partial charge is 0.233 e. The van der Waals surface area contributed by atoms with Gasteiger partial charge in [-0.1, -0.05) is 24.3 Å². The van der Waals surface area contributed by atoms with Gasteiger partial charge in [-0.15, -0.1) is 11.8 Å². The second-order valence-corrected chi connectivity index (χ2v) is 6.15. The lowest BCUT2D eigenvalue weighted by molar-refractivity contribution is -0.140. The standard InChI is InChI=1S/C16H17NO2S/c1-20-12-8-6-11(7-9-12)10-17-15(18)13-4-2-3-5-14(13)16(17)19/h2-3,6-9,13-14H,4-5,10H2,1H3/t13-,14+. The minimum absolute atomic E-state index is 0.00158. The normalized spacial score (nSPS) is 25.1. The second-order valence-electron chi connectivity index (χ2n) is 5.27. The van der Waals surface area contributed by atoms with Gasteiger partial charge in [0.1, 0.15) is 0 Å². The van der Waals surface area contributed by atoms with Crippen LogP contribution < -0.4 is 0 Å². The molecule has 4 heteroatoms. The van der Waals surface area contributed by atoms with Crippen LogP contribution in [0.1, 0.15) is 18.4 Å². The molecule has 2 amide bonds. The molecule has 1 aliphatic carbocycles. The maximum atomic E-state index is 12.3. The van der Waals surface area contributed by atoms with Crippen molar-refractivity contribution in [2.24, 2.45) is 11.8 Å². The number of imide groups is 1. The Morgan fingerprint density at radius 3 is 2.10 bits per heavy atom. The van der Waals surface area contributed by atoms with Crippen LogP contribution in [0.3, 0.4) is 0 Å². The van der Waals surface area contributed by atoms with Crippen molar-refractivity contribution in [2.45, 2.75) is 24.3 Å². The van der Waals surface area contributed by atoms with Gasteiger partial charge in [0.25, 0.3) is 0 Å². The van der Waals surface area contributed by atoms with Crippen LogP contribution in [0.15, 0.2) is 41.3 Å². The van der Waals surface area contributed by atoms with E-state index in [4.69, 9.17) is 0 Å². The van der Waals surface area contributed by atoms with Crippen molar-refractivity contribution in [3.05, 3.63) is 42.0 Å². The zero-order valence-corrected chi connectivity index (χ0v) is 12.2. The van der Waals surface area contributed by atoms with Gasteiger partial charge in [0.2, 0.25) is 11.8 Å². The van der Waals surface area contributed by atoms with Gasteiger partial charge in [-0.3, -0.25) is 14.5 Å². The number of carbonyl (C=O) groups excluding carboxylic acids is 2. The number of hydrogen-bond donors (Lipinski definition) is 0. The minimum Gasteiger partial charge on any atom is -0.278 e. The Kier molecular flexibility index (Phi) is 3.66. The SMILES string of the molecule is CSc1ccc(CN2C(=O)[C@H]3CC=CC[C@H]3C2=O)cc1. The van der Waals surface area contributed by atoms with E-state index in [-0.39, 0.29) is 23.7 Å². The number of thioether (sulfide) groups is 1. The quantitative estimate of drug-likeness (QED) is 0.487. The van der Waals surface area contributed by atoms with E-state index < -0.39 is 0 Å². The van der Waals surface area contributed by atoms with Gasteiger partial charge in [0.15, 0.2) is 0 Å². The third kappa shape index (κ3) is 2.29. The Labute approximate surface area is 123 Å². The summed E-state index contributed by atoms with van der Waals surface area (Å²) in [4.78, 5) is 27.3. The van der Waals surface area contributed by atoms with Gasteiger partial charge in [0, 0.05) is 4.90 Å². The largest absolute Gasteiger partial charge is 0.278 e. The van der Waals surface area contributed by atoms with Gasteiger partial charge in [-0.05, 0) is 36.8 Å². The maximum absolute atomic E-state index is 12.3. The average Bonchev–Trinajstić information content (AvgIpc) is 2.74. The highest BCUT2D eigenvalue weighted by Crippen LogP contribution is 2.35. The first kappa shape index (κ1) is 13.4. The third-order valence-corrected chi connectivity index (χ3v) is 4.84. The van der Waals surface area contributed by atoms with E-state index >= 15 is 0 Å².